The average molecular weight is 402 g/mol. The molecule has 6 nitrogen and oxygen atoms in total. The summed E-state index contributed by atoms with van der Waals surface area (Å²) in [5, 5.41) is 2.34. The van der Waals surface area contributed by atoms with Gasteiger partial charge in [-0.25, -0.2) is 9.38 Å². The number of ether oxygens (including phenoxy) is 2. The van der Waals surface area contributed by atoms with Gasteiger partial charge in [-0.05, 0) is 37.3 Å². The lowest BCUT2D eigenvalue weighted by molar-refractivity contribution is -0.121. The summed E-state index contributed by atoms with van der Waals surface area (Å²) < 4.78 is 24.5. The summed E-state index contributed by atoms with van der Waals surface area (Å²) in [7, 11) is 1.53. The molecule has 0 radical (unpaired) electrons. The van der Waals surface area contributed by atoms with E-state index in [9.17, 15) is 14.0 Å². The van der Waals surface area contributed by atoms with Crippen molar-refractivity contribution < 1.29 is 23.5 Å². The van der Waals surface area contributed by atoms with E-state index in [1.54, 1.807) is 24.3 Å². The zero-order chi connectivity index (χ0) is 20.1. The third-order valence-electron chi connectivity index (χ3n) is 3.97. The first kappa shape index (κ1) is 19.9. The molecule has 1 atom stereocenters. The van der Waals surface area contributed by atoms with Gasteiger partial charge in [0, 0.05) is 12.0 Å². The van der Waals surface area contributed by atoms with Crippen molar-refractivity contribution in [2.24, 2.45) is 4.99 Å². The van der Waals surface area contributed by atoms with Crippen LogP contribution in [0.25, 0.3) is 0 Å². The second-order valence-corrected chi connectivity index (χ2v) is 7.08. The number of aliphatic imine (C=N–C) groups is 1. The number of halogens is 1. The van der Waals surface area contributed by atoms with Crippen LogP contribution in [0.15, 0.2) is 47.5 Å². The van der Waals surface area contributed by atoms with E-state index in [4.69, 9.17) is 9.47 Å². The number of hydrogen-bond donors (Lipinski definition) is 1. The minimum Gasteiger partial charge on any atom is -0.493 e. The Labute approximate surface area is 166 Å². The fourth-order valence-electron chi connectivity index (χ4n) is 2.65. The van der Waals surface area contributed by atoms with E-state index in [0.29, 0.717) is 28.7 Å². The van der Waals surface area contributed by atoms with Gasteiger partial charge in [0.1, 0.15) is 16.1 Å². The van der Waals surface area contributed by atoms with Gasteiger partial charge >= 0.3 is 0 Å². The van der Waals surface area contributed by atoms with Gasteiger partial charge in [-0.2, -0.15) is 0 Å². The van der Waals surface area contributed by atoms with Crippen LogP contribution in [-0.2, 0) is 9.59 Å². The van der Waals surface area contributed by atoms with E-state index in [1.807, 2.05) is 6.92 Å². The maximum Gasteiger partial charge on any atom is 0.260 e. The smallest absolute Gasteiger partial charge is 0.260 e. The van der Waals surface area contributed by atoms with Crippen LogP contribution in [0.3, 0.4) is 0 Å². The van der Waals surface area contributed by atoms with Gasteiger partial charge in [0.2, 0.25) is 5.91 Å². The van der Waals surface area contributed by atoms with Crippen molar-refractivity contribution in [1.82, 2.24) is 0 Å². The summed E-state index contributed by atoms with van der Waals surface area (Å²) in [6.45, 7) is 2.38. The van der Waals surface area contributed by atoms with Crippen molar-refractivity contribution in [2.45, 2.75) is 18.6 Å². The van der Waals surface area contributed by atoms with Gasteiger partial charge in [-0.1, -0.05) is 23.9 Å². The van der Waals surface area contributed by atoms with Gasteiger partial charge < -0.3 is 14.8 Å². The minimum absolute atomic E-state index is 0.0836. The van der Waals surface area contributed by atoms with Gasteiger partial charge in [0.05, 0.1) is 19.4 Å². The minimum atomic E-state index is -0.653. The topological polar surface area (TPSA) is 77.0 Å². The molecule has 2 aromatic carbocycles. The molecule has 28 heavy (non-hydrogen) atoms. The number of thioether (sulfide) groups is 1. The Balaban J connectivity index is 1.67. The quantitative estimate of drug-likeness (QED) is 0.765. The molecule has 0 saturated heterocycles. The van der Waals surface area contributed by atoms with Crippen LogP contribution in [0.1, 0.15) is 18.9 Å². The summed E-state index contributed by atoms with van der Waals surface area (Å²) in [6.07, 6.45) is -0.0982. The summed E-state index contributed by atoms with van der Waals surface area (Å²) in [4.78, 5) is 28.5. The number of amides is 2. The van der Waals surface area contributed by atoms with E-state index >= 15 is 0 Å². The number of hydrogen-bond acceptors (Lipinski definition) is 5. The van der Waals surface area contributed by atoms with Crippen molar-refractivity contribution in [1.29, 1.82) is 0 Å². The van der Waals surface area contributed by atoms with Crippen LogP contribution in [0, 0.1) is 5.82 Å². The molecule has 1 aliphatic rings. The van der Waals surface area contributed by atoms with Crippen molar-refractivity contribution in [3.8, 4) is 11.5 Å². The largest absolute Gasteiger partial charge is 0.493 e. The molecule has 0 bridgehead atoms. The second kappa shape index (κ2) is 8.88. The normalized spacial score (nSPS) is 15.9. The van der Waals surface area contributed by atoms with Crippen LogP contribution in [0.2, 0.25) is 0 Å². The maximum atomic E-state index is 13.7. The zero-order valence-corrected chi connectivity index (χ0v) is 16.2. The van der Waals surface area contributed by atoms with Gasteiger partial charge in [-0.3, -0.25) is 9.59 Å². The molecule has 0 aliphatic carbocycles. The van der Waals surface area contributed by atoms with Gasteiger partial charge in [-0.15, -0.1) is 0 Å². The second-order valence-electron chi connectivity index (χ2n) is 5.89. The molecule has 2 amide bonds. The number of para-hydroxylation sites is 1. The number of carbonyl (C=O) groups excluding carboxylic acids is 2. The molecule has 1 aliphatic heterocycles. The summed E-state index contributed by atoms with van der Waals surface area (Å²) >= 11 is 1.20. The van der Waals surface area contributed by atoms with E-state index in [1.165, 1.54) is 37.1 Å². The van der Waals surface area contributed by atoms with Gasteiger partial charge in [0.25, 0.3) is 5.91 Å². The summed E-state index contributed by atoms with van der Waals surface area (Å²) in [6, 6.07) is 11.2. The molecule has 3 rings (SSSR count). The van der Waals surface area contributed by atoms with E-state index < -0.39 is 22.9 Å². The monoisotopic (exact) mass is 402 g/mol. The van der Waals surface area contributed by atoms with Crippen molar-refractivity contribution >= 4 is 34.3 Å². The first-order valence-corrected chi connectivity index (χ1v) is 9.54. The maximum absolute atomic E-state index is 13.7. The van der Waals surface area contributed by atoms with Crippen LogP contribution < -0.4 is 14.8 Å². The first-order valence-electron chi connectivity index (χ1n) is 8.66. The predicted octanol–water partition coefficient (Wildman–Crippen LogP) is 3.65. The molecule has 1 heterocycles. The molecule has 0 unspecified atom stereocenters. The lowest BCUT2D eigenvalue weighted by Gasteiger charge is -2.11. The molecular weight excluding hydrogens is 383 g/mol. The third-order valence-corrected chi connectivity index (χ3v) is 5.17. The average Bonchev–Trinajstić information content (AvgIpc) is 3.04. The Hall–Kier alpha value is -2.87. The molecule has 0 aromatic heterocycles. The third kappa shape index (κ3) is 4.51. The lowest BCUT2D eigenvalue weighted by atomic mass is 10.2. The molecule has 0 spiro atoms. The number of anilines is 1. The molecular formula is C20H19FN2O4S. The molecule has 146 valence electrons. The van der Waals surface area contributed by atoms with Crippen LogP contribution in [0.5, 0.6) is 11.5 Å². The van der Waals surface area contributed by atoms with Crippen LogP contribution >= 0.6 is 11.8 Å². The highest BCUT2D eigenvalue weighted by molar-refractivity contribution is 8.16. The Morgan fingerprint density at radius 3 is 2.75 bits per heavy atom. The molecule has 0 saturated carbocycles. The Morgan fingerprint density at radius 2 is 2.04 bits per heavy atom. The SMILES string of the molecule is CCOc1ccc(C2=NC(=O)[C@H](CC(=O)Nc3ccccc3F)S2)cc1OC. The van der Waals surface area contributed by atoms with Gasteiger partial charge in [0.15, 0.2) is 11.5 Å². The fourth-order valence-corrected chi connectivity index (χ4v) is 3.72. The first-order chi connectivity index (χ1) is 13.5. The highest BCUT2D eigenvalue weighted by Gasteiger charge is 2.31. The Kier molecular flexibility index (Phi) is 6.30. The molecule has 1 N–H and O–H groups in total. The number of rotatable bonds is 7. The number of nitrogens with one attached hydrogen (secondary N) is 1. The zero-order valence-electron chi connectivity index (χ0n) is 15.4. The van der Waals surface area contributed by atoms with Crippen LogP contribution in [0.4, 0.5) is 10.1 Å². The highest BCUT2D eigenvalue weighted by atomic mass is 32.2. The molecule has 8 heteroatoms. The summed E-state index contributed by atoms with van der Waals surface area (Å²) in [5.74, 6) is -0.229. The standard InChI is InChI=1S/C20H19FN2O4S/c1-3-27-15-9-8-12(10-16(15)26-2)20-23-19(25)17(28-20)11-18(24)22-14-7-5-4-6-13(14)21/h4-10,17H,3,11H2,1-2H3,(H,22,24)/t17-/m0/s1. The van der Waals surface area contributed by atoms with E-state index in [2.05, 4.69) is 10.3 Å². The van der Waals surface area contributed by atoms with E-state index in [-0.39, 0.29) is 12.1 Å². The van der Waals surface area contributed by atoms with E-state index in [0.717, 1.165) is 0 Å². The van der Waals surface area contributed by atoms with Crippen LogP contribution in [-0.4, -0.2) is 35.8 Å². The lowest BCUT2D eigenvalue weighted by Crippen LogP contribution is -2.21. The highest BCUT2D eigenvalue weighted by Crippen LogP contribution is 2.34. The number of benzene rings is 2. The van der Waals surface area contributed by atoms with Crippen molar-refractivity contribution in [3.63, 3.8) is 0 Å². The number of carbonyl (C=O) groups is 2. The Bertz CT molecular complexity index is 932. The van der Waals surface area contributed by atoms with Crippen molar-refractivity contribution in [3.05, 3.63) is 53.8 Å². The van der Waals surface area contributed by atoms with Crippen molar-refractivity contribution in [2.75, 3.05) is 19.0 Å². The number of methoxy groups -OCH3 is 1. The fraction of sp³-hybridized carbons (Fsp3) is 0.250. The summed E-state index contributed by atoms with van der Waals surface area (Å²) in [5.41, 5.74) is 0.788. The number of nitrogens with zero attached hydrogens (tertiary/aromatic N) is 1. The molecule has 0 fully saturated rings. The Morgan fingerprint density at radius 1 is 1.25 bits per heavy atom. The molecule has 2 aromatic rings. The predicted molar refractivity (Wildman–Crippen MR) is 107 cm³/mol.